The number of hydrogen-bond donors (Lipinski definition) is 2. The fourth-order valence-corrected chi connectivity index (χ4v) is 1.11. The van der Waals surface area contributed by atoms with Crippen molar-refractivity contribution in [1.82, 2.24) is 0 Å². The molecule has 4 heteroatoms. The molecule has 0 aliphatic heterocycles. The van der Waals surface area contributed by atoms with E-state index in [-0.39, 0.29) is 6.10 Å². The number of halogens is 1. The lowest BCUT2D eigenvalue weighted by atomic mass is 10.3. The van der Waals surface area contributed by atoms with Crippen LogP contribution in [-0.4, -0.2) is 12.6 Å². The van der Waals surface area contributed by atoms with E-state index in [0.29, 0.717) is 23.0 Å². The summed E-state index contributed by atoms with van der Waals surface area (Å²) in [5.41, 5.74) is 11.6. The van der Waals surface area contributed by atoms with Crippen molar-refractivity contribution in [3.8, 4) is 5.75 Å². The van der Waals surface area contributed by atoms with Gasteiger partial charge in [0.25, 0.3) is 0 Å². The molecule has 0 aliphatic rings. The van der Waals surface area contributed by atoms with E-state index < -0.39 is 0 Å². The molecule has 1 aromatic rings. The van der Waals surface area contributed by atoms with Crippen LogP contribution in [0.1, 0.15) is 6.92 Å². The first kappa shape index (κ1) is 10.2. The van der Waals surface area contributed by atoms with Crippen LogP contribution in [0.4, 0.5) is 5.69 Å². The summed E-state index contributed by atoms with van der Waals surface area (Å²) in [7, 11) is 0. The molecule has 0 spiro atoms. The summed E-state index contributed by atoms with van der Waals surface area (Å²) in [6, 6.07) is 5.13. The van der Waals surface area contributed by atoms with Crippen LogP contribution < -0.4 is 16.2 Å². The van der Waals surface area contributed by atoms with E-state index in [0.717, 1.165) is 0 Å². The maximum absolute atomic E-state index is 5.88. The number of ether oxygens (including phenoxy) is 1. The monoisotopic (exact) mass is 200 g/mol. The van der Waals surface area contributed by atoms with E-state index >= 15 is 0 Å². The highest BCUT2D eigenvalue weighted by Crippen LogP contribution is 2.26. The van der Waals surface area contributed by atoms with Gasteiger partial charge in [0.1, 0.15) is 11.9 Å². The van der Waals surface area contributed by atoms with Crippen LogP contribution in [0.15, 0.2) is 18.2 Å². The van der Waals surface area contributed by atoms with Gasteiger partial charge in [-0.1, -0.05) is 11.6 Å². The summed E-state index contributed by atoms with van der Waals surface area (Å²) in [5, 5.41) is 0.514. The molecule has 0 aromatic heterocycles. The van der Waals surface area contributed by atoms with Gasteiger partial charge in [0.05, 0.1) is 5.02 Å². The Hall–Kier alpha value is -0.930. The molecule has 0 aliphatic carbocycles. The van der Waals surface area contributed by atoms with Gasteiger partial charge in [-0.2, -0.15) is 0 Å². The average molecular weight is 201 g/mol. The molecule has 0 saturated carbocycles. The fourth-order valence-electron chi connectivity index (χ4n) is 0.878. The second-order valence-corrected chi connectivity index (χ2v) is 3.26. The summed E-state index contributed by atoms with van der Waals surface area (Å²) in [6.45, 7) is 2.34. The predicted octanol–water partition coefficient (Wildman–Crippen LogP) is 1.65. The number of nitrogen functional groups attached to an aromatic ring is 1. The minimum atomic E-state index is -0.0406. The molecular weight excluding hydrogens is 188 g/mol. The van der Waals surface area contributed by atoms with Crippen LogP contribution in [0.5, 0.6) is 5.75 Å². The number of benzene rings is 1. The zero-order valence-corrected chi connectivity index (χ0v) is 8.21. The van der Waals surface area contributed by atoms with Crippen molar-refractivity contribution in [1.29, 1.82) is 0 Å². The Morgan fingerprint density at radius 3 is 2.77 bits per heavy atom. The fraction of sp³-hybridized carbons (Fsp3) is 0.333. The van der Waals surface area contributed by atoms with Crippen molar-refractivity contribution < 1.29 is 4.74 Å². The molecule has 1 unspecified atom stereocenters. The second kappa shape index (κ2) is 4.35. The third-order valence-electron chi connectivity index (χ3n) is 1.62. The molecule has 0 radical (unpaired) electrons. The van der Waals surface area contributed by atoms with Crippen LogP contribution in [0, 0.1) is 0 Å². The quantitative estimate of drug-likeness (QED) is 0.730. The number of anilines is 1. The van der Waals surface area contributed by atoms with Crippen molar-refractivity contribution in [3.05, 3.63) is 23.2 Å². The van der Waals surface area contributed by atoms with Gasteiger partial charge in [-0.05, 0) is 25.1 Å². The van der Waals surface area contributed by atoms with E-state index in [4.69, 9.17) is 27.8 Å². The first-order chi connectivity index (χ1) is 6.13. The molecule has 0 heterocycles. The SMILES string of the molecule is CC(CN)Oc1ccc(N)cc1Cl. The Balaban J connectivity index is 2.77. The molecule has 0 fully saturated rings. The largest absolute Gasteiger partial charge is 0.488 e. The molecular formula is C9H13ClN2O. The Kier molecular flexibility index (Phi) is 3.39. The Morgan fingerprint density at radius 2 is 2.23 bits per heavy atom. The summed E-state index contributed by atoms with van der Waals surface area (Å²) in [4.78, 5) is 0. The molecule has 1 aromatic carbocycles. The first-order valence-electron chi connectivity index (χ1n) is 4.05. The zero-order chi connectivity index (χ0) is 9.84. The third kappa shape index (κ3) is 2.79. The van der Waals surface area contributed by atoms with Crippen molar-refractivity contribution in [2.45, 2.75) is 13.0 Å². The van der Waals surface area contributed by atoms with E-state index in [2.05, 4.69) is 0 Å². The van der Waals surface area contributed by atoms with E-state index in [9.17, 15) is 0 Å². The molecule has 72 valence electrons. The Labute approximate surface area is 82.6 Å². The van der Waals surface area contributed by atoms with Gasteiger partial charge in [0, 0.05) is 12.2 Å². The topological polar surface area (TPSA) is 61.3 Å². The van der Waals surface area contributed by atoms with Crippen LogP contribution in [0.2, 0.25) is 5.02 Å². The van der Waals surface area contributed by atoms with E-state index in [1.165, 1.54) is 0 Å². The van der Waals surface area contributed by atoms with Gasteiger partial charge in [-0.15, -0.1) is 0 Å². The lowest BCUT2D eigenvalue weighted by molar-refractivity contribution is 0.230. The molecule has 0 saturated heterocycles. The normalized spacial score (nSPS) is 12.5. The first-order valence-corrected chi connectivity index (χ1v) is 4.43. The van der Waals surface area contributed by atoms with Gasteiger partial charge < -0.3 is 16.2 Å². The zero-order valence-electron chi connectivity index (χ0n) is 7.46. The van der Waals surface area contributed by atoms with Crippen LogP contribution in [0.25, 0.3) is 0 Å². The molecule has 0 bridgehead atoms. The highest BCUT2D eigenvalue weighted by molar-refractivity contribution is 6.32. The number of rotatable bonds is 3. The lowest BCUT2D eigenvalue weighted by Gasteiger charge is -2.13. The number of nitrogens with two attached hydrogens (primary N) is 2. The third-order valence-corrected chi connectivity index (χ3v) is 1.91. The van der Waals surface area contributed by atoms with Crippen LogP contribution >= 0.6 is 11.6 Å². The van der Waals surface area contributed by atoms with Crippen LogP contribution in [0.3, 0.4) is 0 Å². The summed E-state index contributed by atoms with van der Waals surface area (Å²) in [6.07, 6.45) is -0.0406. The highest BCUT2D eigenvalue weighted by atomic mass is 35.5. The van der Waals surface area contributed by atoms with Gasteiger partial charge in [0.2, 0.25) is 0 Å². The van der Waals surface area contributed by atoms with Gasteiger partial charge >= 0.3 is 0 Å². The summed E-state index contributed by atoms with van der Waals surface area (Å²) < 4.78 is 5.44. The van der Waals surface area contributed by atoms with Crippen LogP contribution in [-0.2, 0) is 0 Å². The van der Waals surface area contributed by atoms with Gasteiger partial charge in [-0.3, -0.25) is 0 Å². The number of hydrogen-bond acceptors (Lipinski definition) is 3. The average Bonchev–Trinajstić information content (AvgIpc) is 2.09. The van der Waals surface area contributed by atoms with Crippen molar-refractivity contribution in [2.24, 2.45) is 5.73 Å². The molecule has 13 heavy (non-hydrogen) atoms. The molecule has 1 atom stereocenters. The maximum Gasteiger partial charge on any atom is 0.138 e. The molecule has 1 rings (SSSR count). The standard InChI is InChI=1S/C9H13ClN2O/c1-6(5-11)13-9-3-2-7(12)4-8(9)10/h2-4,6H,5,11-12H2,1H3. The molecule has 4 N–H and O–H groups in total. The second-order valence-electron chi connectivity index (χ2n) is 2.85. The Morgan fingerprint density at radius 1 is 1.54 bits per heavy atom. The summed E-state index contributed by atoms with van der Waals surface area (Å²) in [5.74, 6) is 0.619. The lowest BCUT2D eigenvalue weighted by Crippen LogP contribution is -2.22. The minimum absolute atomic E-state index is 0.0406. The maximum atomic E-state index is 5.88. The van der Waals surface area contributed by atoms with Crippen molar-refractivity contribution >= 4 is 17.3 Å². The summed E-state index contributed by atoms with van der Waals surface area (Å²) >= 11 is 5.88. The molecule has 3 nitrogen and oxygen atoms in total. The predicted molar refractivity (Wildman–Crippen MR) is 55.0 cm³/mol. The van der Waals surface area contributed by atoms with E-state index in [1.807, 2.05) is 6.92 Å². The van der Waals surface area contributed by atoms with Crippen molar-refractivity contribution in [3.63, 3.8) is 0 Å². The smallest absolute Gasteiger partial charge is 0.138 e. The van der Waals surface area contributed by atoms with Gasteiger partial charge in [0.15, 0.2) is 0 Å². The van der Waals surface area contributed by atoms with Crippen molar-refractivity contribution in [2.75, 3.05) is 12.3 Å². The minimum Gasteiger partial charge on any atom is -0.488 e. The highest BCUT2D eigenvalue weighted by Gasteiger charge is 2.05. The molecule has 0 amide bonds. The van der Waals surface area contributed by atoms with E-state index in [1.54, 1.807) is 18.2 Å². The Bertz CT molecular complexity index is 291. The van der Waals surface area contributed by atoms with Gasteiger partial charge in [-0.25, -0.2) is 0 Å².